The molecule has 1 aliphatic heterocycles. The van der Waals surface area contributed by atoms with Gasteiger partial charge in [0.2, 0.25) is 0 Å². The number of carbonyl (C=O) groups is 1. The van der Waals surface area contributed by atoms with Gasteiger partial charge in [-0.3, -0.25) is 9.69 Å². The molecule has 0 bridgehead atoms. The van der Waals surface area contributed by atoms with Gasteiger partial charge in [0, 0.05) is 37.2 Å². The molecule has 0 unspecified atom stereocenters. The zero-order valence-electron chi connectivity index (χ0n) is 16.9. The Morgan fingerprint density at radius 2 is 1.96 bits per heavy atom. The molecule has 1 atom stereocenters. The van der Waals surface area contributed by atoms with Crippen LogP contribution in [0.5, 0.6) is 0 Å². The molecule has 1 aliphatic rings. The van der Waals surface area contributed by atoms with E-state index in [9.17, 15) is 4.79 Å². The van der Waals surface area contributed by atoms with E-state index in [4.69, 9.17) is 4.74 Å². The predicted molar refractivity (Wildman–Crippen MR) is 110 cm³/mol. The number of aromatic nitrogens is 1. The number of Topliss-reactive ketones (excluding diaryl/α,β-unsaturated/α-hetero) is 1. The van der Waals surface area contributed by atoms with Gasteiger partial charge >= 0.3 is 0 Å². The summed E-state index contributed by atoms with van der Waals surface area (Å²) in [6, 6.07) is 12.8. The van der Waals surface area contributed by atoms with Crippen molar-refractivity contribution >= 4 is 11.4 Å². The molecule has 0 saturated heterocycles. The fourth-order valence-electron chi connectivity index (χ4n) is 4.11. The van der Waals surface area contributed by atoms with E-state index in [1.54, 1.807) is 7.11 Å². The number of hydrogen-bond donors (Lipinski definition) is 0. The van der Waals surface area contributed by atoms with Crippen LogP contribution in [-0.2, 0) is 4.74 Å². The van der Waals surface area contributed by atoms with E-state index >= 15 is 0 Å². The lowest BCUT2D eigenvalue weighted by Gasteiger charge is -2.26. The van der Waals surface area contributed by atoms with E-state index in [-0.39, 0.29) is 11.8 Å². The van der Waals surface area contributed by atoms with Crippen molar-refractivity contribution in [2.75, 3.05) is 33.4 Å². The molecule has 0 fully saturated rings. The number of carbonyl (C=O) groups excluding carboxylic acids is 1. The van der Waals surface area contributed by atoms with E-state index in [1.807, 2.05) is 19.1 Å². The lowest BCUT2D eigenvalue weighted by molar-refractivity contribution is 0.0936. The van der Waals surface area contributed by atoms with E-state index in [0.717, 1.165) is 36.5 Å². The van der Waals surface area contributed by atoms with E-state index in [2.05, 4.69) is 53.7 Å². The van der Waals surface area contributed by atoms with Crippen molar-refractivity contribution in [3.8, 4) is 0 Å². The maximum atomic E-state index is 12.9. The summed E-state index contributed by atoms with van der Waals surface area (Å²) < 4.78 is 7.49. The first-order valence-electron chi connectivity index (χ1n) is 9.68. The summed E-state index contributed by atoms with van der Waals surface area (Å²) >= 11 is 0. The maximum absolute atomic E-state index is 12.9. The molecular formula is C23H30N2O2. The zero-order chi connectivity index (χ0) is 19.4. The quantitative estimate of drug-likeness (QED) is 0.686. The van der Waals surface area contributed by atoms with Gasteiger partial charge in [0.15, 0.2) is 5.78 Å². The molecule has 0 radical (unpaired) electrons. The summed E-state index contributed by atoms with van der Waals surface area (Å²) in [5, 5.41) is 0. The monoisotopic (exact) mass is 366 g/mol. The number of nitrogens with zero attached hydrogens (tertiary/aromatic N) is 2. The van der Waals surface area contributed by atoms with Crippen molar-refractivity contribution in [2.45, 2.75) is 33.2 Å². The summed E-state index contributed by atoms with van der Waals surface area (Å²) in [7, 11) is 1.71. The average molecular weight is 367 g/mol. The van der Waals surface area contributed by atoms with E-state index < -0.39 is 0 Å². The second-order valence-corrected chi connectivity index (χ2v) is 7.46. The fourth-order valence-corrected chi connectivity index (χ4v) is 4.11. The van der Waals surface area contributed by atoms with Gasteiger partial charge in [-0.1, -0.05) is 36.4 Å². The molecule has 27 heavy (non-hydrogen) atoms. The highest BCUT2D eigenvalue weighted by molar-refractivity contribution is 5.99. The lowest BCUT2D eigenvalue weighted by atomic mass is 9.99. The molecule has 3 rings (SSSR count). The summed E-state index contributed by atoms with van der Waals surface area (Å²) in [6.07, 6.45) is 3.25. The topological polar surface area (TPSA) is 34.5 Å². The minimum atomic E-state index is 0.204. The molecule has 1 aromatic carbocycles. The SMILES string of the molecule is COC[C@H](C)n1c(C)cc(C(=O)CN2CC=C(c3ccccc3)CC2)c1C. The van der Waals surface area contributed by atoms with Crippen LogP contribution in [0.2, 0.25) is 0 Å². The molecule has 4 nitrogen and oxygen atoms in total. The Hall–Kier alpha value is -2.17. The molecule has 4 heteroatoms. The Morgan fingerprint density at radius 3 is 2.59 bits per heavy atom. The number of methoxy groups -OCH3 is 1. The molecule has 0 saturated carbocycles. The van der Waals surface area contributed by atoms with E-state index in [0.29, 0.717) is 13.2 Å². The van der Waals surface area contributed by atoms with E-state index in [1.165, 1.54) is 11.1 Å². The lowest BCUT2D eigenvalue weighted by Crippen LogP contribution is -2.33. The van der Waals surface area contributed by atoms with Crippen LogP contribution in [0.25, 0.3) is 5.57 Å². The molecule has 0 N–H and O–H groups in total. The number of benzene rings is 1. The van der Waals surface area contributed by atoms with Crippen molar-refractivity contribution < 1.29 is 9.53 Å². The van der Waals surface area contributed by atoms with Gasteiger partial charge in [-0.25, -0.2) is 0 Å². The number of hydrogen-bond acceptors (Lipinski definition) is 3. The first-order valence-corrected chi connectivity index (χ1v) is 9.68. The minimum Gasteiger partial charge on any atom is -0.383 e. The summed E-state index contributed by atoms with van der Waals surface area (Å²) in [5.41, 5.74) is 5.67. The first kappa shape index (κ1) is 19.6. The Kier molecular flexibility index (Phi) is 6.30. The van der Waals surface area contributed by atoms with Crippen LogP contribution in [0.4, 0.5) is 0 Å². The maximum Gasteiger partial charge on any atom is 0.178 e. The Labute approximate surface area is 162 Å². The summed E-state index contributed by atoms with van der Waals surface area (Å²) in [4.78, 5) is 15.2. The summed E-state index contributed by atoms with van der Waals surface area (Å²) in [6.45, 7) is 9.09. The number of ketones is 1. The molecule has 144 valence electrons. The second-order valence-electron chi connectivity index (χ2n) is 7.46. The smallest absolute Gasteiger partial charge is 0.178 e. The third-order valence-corrected chi connectivity index (χ3v) is 5.44. The minimum absolute atomic E-state index is 0.204. The van der Waals surface area contributed by atoms with Crippen LogP contribution < -0.4 is 0 Å². The standard InChI is InChI=1S/C23H30N2O2/c1-17-14-22(19(3)25(17)18(2)16-27-4)23(26)15-24-12-10-21(11-13-24)20-8-6-5-7-9-20/h5-10,14,18H,11-13,15-16H2,1-4H3/t18-/m0/s1. The number of rotatable bonds is 7. The molecular weight excluding hydrogens is 336 g/mol. The molecule has 0 amide bonds. The van der Waals surface area contributed by atoms with Gasteiger partial charge in [-0.15, -0.1) is 0 Å². The molecule has 0 aliphatic carbocycles. The molecule has 0 spiro atoms. The van der Waals surface area contributed by atoms with Crippen molar-refractivity contribution in [3.63, 3.8) is 0 Å². The van der Waals surface area contributed by atoms with Gasteiger partial charge in [-0.05, 0) is 44.4 Å². The Balaban J connectivity index is 1.67. The van der Waals surface area contributed by atoms with Crippen LogP contribution in [-0.4, -0.2) is 48.6 Å². The van der Waals surface area contributed by atoms with Crippen LogP contribution in [0.1, 0.15) is 46.7 Å². The normalized spacial score (nSPS) is 16.2. The highest BCUT2D eigenvalue weighted by Gasteiger charge is 2.21. The van der Waals surface area contributed by atoms with Crippen molar-refractivity contribution in [1.29, 1.82) is 0 Å². The molecule has 1 aromatic heterocycles. The predicted octanol–water partition coefficient (Wildman–Crippen LogP) is 4.28. The number of ether oxygens (including phenoxy) is 1. The first-order chi connectivity index (χ1) is 13.0. The highest BCUT2D eigenvalue weighted by Crippen LogP contribution is 2.24. The molecule has 2 aromatic rings. The van der Waals surface area contributed by atoms with Gasteiger partial charge in [0.25, 0.3) is 0 Å². The van der Waals surface area contributed by atoms with Gasteiger partial charge in [0.1, 0.15) is 0 Å². The van der Waals surface area contributed by atoms with Gasteiger partial charge < -0.3 is 9.30 Å². The third kappa shape index (κ3) is 4.40. The zero-order valence-corrected chi connectivity index (χ0v) is 16.9. The molecule has 2 heterocycles. The van der Waals surface area contributed by atoms with Crippen molar-refractivity contribution in [1.82, 2.24) is 9.47 Å². The second kappa shape index (κ2) is 8.68. The highest BCUT2D eigenvalue weighted by atomic mass is 16.5. The average Bonchev–Trinajstić information content (AvgIpc) is 2.97. The largest absolute Gasteiger partial charge is 0.383 e. The van der Waals surface area contributed by atoms with Crippen LogP contribution >= 0.6 is 0 Å². The summed E-state index contributed by atoms with van der Waals surface area (Å²) in [5.74, 6) is 0.204. The Bertz CT molecular complexity index is 820. The van der Waals surface area contributed by atoms with Gasteiger partial charge in [0.05, 0.1) is 19.2 Å². The number of aryl methyl sites for hydroxylation is 1. The van der Waals surface area contributed by atoms with Crippen LogP contribution in [0.15, 0.2) is 42.5 Å². The van der Waals surface area contributed by atoms with Crippen LogP contribution in [0, 0.1) is 13.8 Å². The fraction of sp³-hybridized carbons (Fsp3) is 0.435. The van der Waals surface area contributed by atoms with Crippen molar-refractivity contribution in [3.05, 3.63) is 65.0 Å². The van der Waals surface area contributed by atoms with Crippen molar-refractivity contribution in [2.24, 2.45) is 0 Å². The Morgan fingerprint density at radius 1 is 1.22 bits per heavy atom. The van der Waals surface area contributed by atoms with Crippen LogP contribution in [0.3, 0.4) is 0 Å². The van der Waals surface area contributed by atoms with Gasteiger partial charge in [-0.2, -0.15) is 0 Å². The third-order valence-electron chi connectivity index (χ3n) is 5.44.